The Bertz CT molecular complexity index is 416. The van der Waals surface area contributed by atoms with Gasteiger partial charge in [0.1, 0.15) is 0 Å². The van der Waals surface area contributed by atoms with Crippen molar-refractivity contribution >= 4 is 0 Å². The van der Waals surface area contributed by atoms with E-state index in [0.717, 1.165) is 0 Å². The lowest BCUT2D eigenvalue weighted by atomic mass is 9.55. The van der Waals surface area contributed by atoms with Gasteiger partial charge in [0.25, 0.3) is 0 Å². The molecular formula is C17H26F6O. The Morgan fingerprint density at radius 2 is 1.29 bits per heavy atom. The molecule has 0 aromatic heterocycles. The van der Waals surface area contributed by atoms with Crippen LogP contribution in [0.2, 0.25) is 0 Å². The third-order valence-corrected chi connectivity index (χ3v) is 6.29. The SMILES string of the molecule is CC1CCCC(C(C2CCC(O)C(C)C2)(C(F)(F)F)C(F)(F)F)C1. The Morgan fingerprint density at radius 1 is 0.750 bits per heavy atom. The molecule has 0 aromatic rings. The van der Waals surface area contributed by atoms with Gasteiger partial charge in [0.15, 0.2) is 5.41 Å². The molecule has 2 saturated carbocycles. The van der Waals surface area contributed by atoms with Gasteiger partial charge in [0.05, 0.1) is 6.10 Å². The number of alkyl halides is 6. The molecule has 142 valence electrons. The van der Waals surface area contributed by atoms with Gasteiger partial charge in [0.2, 0.25) is 0 Å². The number of hydrogen-bond donors (Lipinski definition) is 1. The molecule has 7 heteroatoms. The van der Waals surface area contributed by atoms with Gasteiger partial charge in [-0.1, -0.05) is 26.7 Å². The van der Waals surface area contributed by atoms with Crippen LogP contribution in [0.5, 0.6) is 0 Å². The molecule has 1 nitrogen and oxygen atoms in total. The van der Waals surface area contributed by atoms with Crippen molar-refractivity contribution in [3.8, 4) is 0 Å². The molecular weight excluding hydrogens is 334 g/mol. The van der Waals surface area contributed by atoms with Crippen LogP contribution in [0.4, 0.5) is 26.3 Å². The highest BCUT2D eigenvalue weighted by atomic mass is 19.4. The molecule has 5 unspecified atom stereocenters. The molecule has 1 N–H and O–H groups in total. The van der Waals surface area contributed by atoms with Crippen molar-refractivity contribution in [3.63, 3.8) is 0 Å². The number of rotatable bonds is 2. The van der Waals surface area contributed by atoms with Gasteiger partial charge < -0.3 is 5.11 Å². The van der Waals surface area contributed by atoms with Gasteiger partial charge in [-0.3, -0.25) is 0 Å². The van der Waals surface area contributed by atoms with Crippen molar-refractivity contribution in [1.29, 1.82) is 0 Å². The van der Waals surface area contributed by atoms with E-state index in [1.807, 2.05) is 0 Å². The van der Waals surface area contributed by atoms with E-state index in [4.69, 9.17) is 0 Å². The lowest BCUT2D eigenvalue weighted by Gasteiger charge is -2.52. The zero-order chi connectivity index (χ0) is 18.3. The predicted molar refractivity (Wildman–Crippen MR) is 78.2 cm³/mol. The van der Waals surface area contributed by atoms with Crippen LogP contribution in [0.15, 0.2) is 0 Å². The Labute approximate surface area is 138 Å². The van der Waals surface area contributed by atoms with Crippen LogP contribution in [0.25, 0.3) is 0 Å². The van der Waals surface area contributed by atoms with E-state index >= 15 is 0 Å². The topological polar surface area (TPSA) is 20.2 Å². The summed E-state index contributed by atoms with van der Waals surface area (Å²) in [6.45, 7) is 3.27. The van der Waals surface area contributed by atoms with Crippen LogP contribution in [0, 0.1) is 29.1 Å². The molecule has 2 aliphatic carbocycles. The van der Waals surface area contributed by atoms with Crippen LogP contribution in [-0.2, 0) is 0 Å². The molecule has 24 heavy (non-hydrogen) atoms. The standard InChI is InChI=1S/C17H26F6O/c1-10-4-3-5-12(8-10)15(16(18,19)20,17(21,22)23)13-6-7-14(24)11(2)9-13/h10-14,24H,3-9H2,1-2H3. The second kappa shape index (κ2) is 6.69. The van der Waals surface area contributed by atoms with Crippen molar-refractivity contribution in [2.75, 3.05) is 0 Å². The predicted octanol–water partition coefficient (Wildman–Crippen LogP) is 5.72. The van der Waals surface area contributed by atoms with E-state index in [1.165, 1.54) is 6.92 Å². The quantitative estimate of drug-likeness (QED) is 0.625. The monoisotopic (exact) mass is 360 g/mol. The first-order valence-corrected chi connectivity index (χ1v) is 8.72. The largest absolute Gasteiger partial charge is 0.403 e. The maximum absolute atomic E-state index is 14.0. The molecule has 5 atom stereocenters. The Kier molecular flexibility index (Phi) is 5.54. The molecule has 0 heterocycles. The normalized spacial score (nSPS) is 36.6. The molecule has 0 spiro atoms. The Hall–Kier alpha value is -0.460. The Morgan fingerprint density at radius 3 is 1.75 bits per heavy atom. The summed E-state index contributed by atoms with van der Waals surface area (Å²) < 4.78 is 84.1. The minimum atomic E-state index is -5.33. The van der Waals surface area contributed by atoms with Gasteiger partial charge in [-0.05, 0) is 55.8 Å². The average Bonchev–Trinajstić information content (AvgIpc) is 2.40. The van der Waals surface area contributed by atoms with Crippen molar-refractivity contribution in [1.82, 2.24) is 0 Å². The zero-order valence-corrected chi connectivity index (χ0v) is 14.1. The van der Waals surface area contributed by atoms with Crippen molar-refractivity contribution in [2.45, 2.75) is 77.2 Å². The third-order valence-electron chi connectivity index (χ3n) is 6.29. The van der Waals surface area contributed by atoms with Gasteiger partial charge >= 0.3 is 12.4 Å². The highest BCUT2D eigenvalue weighted by Crippen LogP contribution is 2.65. The molecule has 2 fully saturated rings. The van der Waals surface area contributed by atoms with E-state index in [0.29, 0.717) is 12.8 Å². The second-order valence-corrected chi connectivity index (χ2v) is 7.89. The molecule has 2 aliphatic rings. The lowest BCUT2D eigenvalue weighted by Crippen LogP contribution is -2.61. The fourth-order valence-corrected chi connectivity index (χ4v) is 5.06. The summed E-state index contributed by atoms with van der Waals surface area (Å²) in [5.41, 5.74) is -3.65. The molecule has 0 aromatic carbocycles. The van der Waals surface area contributed by atoms with E-state index in [2.05, 4.69) is 0 Å². The summed E-state index contributed by atoms with van der Waals surface area (Å²) in [4.78, 5) is 0. The smallest absolute Gasteiger partial charge is 0.393 e. The van der Waals surface area contributed by atoms with Crippen molar-refractivity contribution in [2.24, 2.45) is 29.1 Å². The Balaban J connectivity index is 2.50. The van der Waals surface area contributed by atoms with E-state index in [1.54, 1.807) is 6.92 Å². The van der Waals surface area contributed by atoms with Crippen molar-refractivity contribution < 1.29 is 31.4 Å². The zero-order valence-electron chi connectivity index (χ0n) is 14.1. The maximum Gasteiger partial charge on any atom is 0.403 e. The van der Waals surface area contributed by atoms with Gasteiger partial charge in [-0.2, -0.15) is 26.3 Å². The first kappa shape index (κ1) is 19.9. The summed E-state index contributed by atoms with van der Waals surface area (Å²) >= 11 is 0. The van der Waals surface area contributed by atoms with Crippen LogP contribution < -0.4 is 0 Å². The van der Waals surface area contributed by atoms with E-state index in [9.17, 15) is 31.4 Å². The van der Waals surface area contributed by atoms with Crippen LogP contribution in [0.1, 0.15) is 58.8 Å². The highest BCUT2D eigenvalue weighted by molar-refractivity contribution is 5.05. The molecule has 2 rings (SSSR count). The number of aliphatic hydroxyl groups excluding tert-OH is 1. The number of hydrogen-bond acceptors (Lipinski definition) is 1. The highest BCUT2D eigenvalue weighted by Gasteiger charge is 2.76. The maximum atomic E-state index is 14.0. The van der Waals surface area contributed by atoms with E-state index < -0.39 is 41.6 Å². The molecule has 0 radical (unpaired) electrons. The van der Waals surface area contributed by atoms with Crippen molar-refractivity contribution in [3.05, 3.63) is 0 Å². The number of aliphatic hydroxyl groups is 1. The minimum absolute atomic E-state index is 0.00200. The lowest BCUT2D eigenvalue weighted by molar-refractivity contribution is -0.384. The van der Waals surface area contributed by atoms with Gasteiger partial charge in [0, 0.05) is 0 Å². The molecule has 0 amide bonds. The summed E-state index contributed by atoms with van der Waals surface area (Å²) in [5, 5.41) is 9.76. The fourth-order valence-electron chi connectivity index (χ4n) is 5.06. The van der Waals surface area contributed by atoms with Crippen LogP contribution in [-0.4, -0.2) is 23.6 Å². The summed E-state index contributed by atoms with van der Waals surface area (Å²) in [5.74, 6) is -3.60. The summed E-state index contributed by atoms with van der Waals surface area (Å²) in [6, 6.07) is 0. The molecule has 0 saturated heterocycles. The summed E-state index contributed by atoms with van der Waals surface area (Å²) in [6.07, 6.45) is -10.9. The summed E-state index contributed by atoms with van der Waals surface area (Å²) in [7, 11) is 0. The van der Waals surface area contributed by atoms with E-state index in [-0.39, 0.29) is 38.0 Å². The van der Waals surface area contributed by atoms with Gasteiger partial charge in [-0.25, -0.2) is 0 Å². The first-order chi connectivity index (χ1) is 10.9. The molecule has 0 aliphatic heterocycles. The second-order valence-electron chi connectivity index (χ2n) is 7.89. The third kappa shape index (κ3) is 3.29. The fraction of sp³-hybridized carbons (Fsp3) is 1.00. The van der Waals surface area contributed by atoms with Crippen LogP contribution >= 0.6 is 0 Å². The number of halogens is 6. The van der Waals surface area contributed by atoms with Gasteiger partial charge in [-0.15, -0.1) is 0 Å². The van der Waals surface area contributed by atoms with Crippen LogP contribution in [0.3, 0.4) is 0 Å². The first-order valence-electron chi connectivity index (χ1n) is 8.72. The minimum Gasteiger partial charge on any atom is -0.393 e. The average molecular weight is 360 g/mol. The molecule has 0 bridgehead atoms.